The van der Waals surface area contributed by atoms with E-state index in [1.54, 1.807) is 0 Å². The molecule has 1 aromatic rings. The molecule has 2 saturated heterocycles. The van der Waals surface area contributed by atoms with E-state index in [0.29, 0.717) is 25.4 Å². The van der Waals surface area contributed by atoms with Crippen LogP contribution in [0.3, 0.4) is 0 Å². The maximum atomic E-state index is 14.0. The summed E-state index contributed by atoms with van der Waals surface area (Å²) in [6.07, 6.45) is 6.89. The molecule has 0 spiro atoms. The number of rotatable bonds is 9. The van der Waals surface area contributed by atoms with E-state index < -0.39 is 21.6 Å². The van der Waals surface area contributed by atoms with Crippen molar-refractivity contribution in [2.75, 3.05) is 32.7 Å². The Balaban J connectivity index is 1.41. The molecule has 2 heterocycles. The minimum atomic E-state index is -3.70. The summed E-state index contributed by atoms with van der Waals surface area (Å²) in [6, 6.07) is 4.82. The first-order chi connectivity index (χ1) is 15.3. The summed E-state index contributed by atoms with van der Waals surface area (Å²) in [5.74, 6) is -1.27. The fourth-order valence-corrected chi connectivity index (χ4v) is 6.71. The summed E-state index contributed by atoms with van der Waals surface area (Å²) in [5.41, 5.74) is -0.00643. The average molecular weight is 488 g/mol. The third kappa shape index (κ3) is 6.65. The molecule has 1 amide bonds. The van der Waals surface area contributed by atoms with Crippen LogP contribution in [0.5, 0.6) is 0 Å². The van der Waals surface area contributed by atoms with E-state index in [2.05, 4.69) is 17.1 Å². The first kappa shape index (κ1) is 25.4. The van der Waals surface area contributed by atoms with Gasteiger partial charge in [-0.15, -0.1) is 0 Å². The molecule has 0 radical (unpaired) electrons. The summed E-state index contributed by atoms with van der Waals surface area (Å²) in [6.45, 7) is 5.57. The van der Waals surface area contributed by atoms with Crippen LogP contribution < -0.4 is 5.32 Å². The Morgan fingerprint density at radius 2 is 1.94 bits per heavy atom. The monoisotopic (exact) mass is 487 g/mol. The Bertz CT molecular complexity index is 855. The number of benzene rings is 1. The molecule has 32 heavy (non-hydrogen) atoms. The minimum Gasteiger partial charge on any atom is -0.356 e. The van der Waals surface area contributed by atoms with Crippen molar-refractivity contribution in [3.05, 3.63) is 34.6 Å². The molecule has 9 heteroatoms. The van der Waals surface area contributed by atoms with E-state index in [9.17, 15) is 17.6 Å². The Labute approximate surface area is 196 Å². The molecule has 1 N–H and O–H groups in total. The van der Waals surface area contributed by atoms with E-state index in [-0.39, 0.29) is 35.5 Å². The number of carbonyl (C=O) groups is 1. The van der Waals surface area contributed by atoms with Gasteiger partial charge in [-0.25, -0.2) is 17.1 Å². The maximum absolute atomic E-state index is 14.0. The van der Waals surface area contributed by atoms with Crippen molar-refractivity contribution in [1.29, 1.82) is 0 Å². The molecule has 1 atom stereocenters. The minimum absolute atomic E-state index is 0.00452. The lowest BCUT2D eigenvalue weighted by Gasteiger charge is -2.35. The third-order valence-electron chi connectivity index (χ3n) is 6.75. The van der Waals surface area contributed by atoms with Crippen LogP contribution in [0.25, 0.3) is 0 Å². The fourth-order valence-electron chi connectivity index (χ4n) is 4.79. The number of hydrogen-bond donors (Lipinski definition) is 1. The van der Waals surface area contributed by atoms with Crippen molar-refractivity contribution in [3.63, 3.8) is 0 Å². The summed E-state index contributed by atoms with van der Waals surface area (Å²) in [4.78, 5) is 15.1. The third-order valence-corrected chi connectivity index (χ3v) is 8.91. The molecular formula is C23H35ClFN3O3S. The van der Waals surface area contributed by atoms with Crippen LogP contribution in [0, 0.1) is 11.7 Å². The molecule has 180 valence electrons. The van der Waals surface area contributed by atoms with Gasteiger partial charge in [-0.1, -0.05) is 31.0 Å². The van der Waals surface area contributed by atoms with Crippen LogP contribution in [-0.2, 0) is 20.6 Å². The largest absolute Gasteiger partial charge is 0.356 e. The highest BCUT2D eigenvalue weighted by molar-refractivity contribution is 7.88. The second kappa shape index (κ2) is 11.8. The Morgan fingerprint density at radius 3 is 2.62 bits per heavy atom. The van der Waals surface area contributed by atoms with Crippen LogP contribution in [0.4, 0.5) is 4.39 Å². The molecule has 0 saturated carbocycles. The lowest BCUT2D eigenvalue weighted by Crippen LogP contribution is -2.44. The number of nitrogens with zero attached hydrogens (tertiary/aromatic N) is 2. The highest BCUT2D eigenvalue weighted by Crippen LogP contribution is 2.26. The lowest BCUT2D eigenvalue weighted by molar-refractivity contribution is -0.126. The predicted octanol–water partition coefficient (Wildman–Crippen LogP) is 3.79. The average Bonchev–Trinajstić information content (AvgIpc) is 2.79. The summed E-state index contributed by atoms with van der Waals surface area (Å²) in [7, 11) is -3.70. The molecule has 2 aliphatic heterocycles. The van der Waals surface area contributed by atoms with Crippen LogP contribution in [0.15, 0.2) is 18.2 Å². The molecular weight excluding hydrogens is 453 g/mol. The first-order valence-electron chi connectivity index (χ1n) is 11.7. The fraction of sp³-hybridized carbons (Fsp3) is 0.696. The van der Waals surface area contributed by atoms with Gasteiger partial charge in [0.1, 0.15) is 5.82 Å². The van der Waals surface area contributed by atoms with Gasteiger partial charge in [-0.2, -0.15) is 0 Å². The first-order valence-corrected chi connectivity index (χ1v) is 13.7. The second-order valence-corrected chi connectivity index (χ2v) is 11.2. The standard InChI is InChI=1S/C23H35ClFN3O3S/c1-2-19-7-3-4-13-27(19)14-6-12-26-23(29)18-10-15-28(16-11-18)32(30,31)17-20-21(24)8-5-9-22(20)25/h5,8-9,18-19H,2-4,6-7,10-17H2,1H3,(H,26,29)/t19-/m1/s1. The van der Waals surface area contributed by atoms with Gasteiger partial charge in [0.15, 0.2) is 0 Å². The van der Waals surface area contributed by atoms with E-state index in [1.165, 1.54) is 48.2 Å². The van der Waals surface area contributed by atoms with Crippen LogP contribution >= 0.6 is 11.6 Å². The van der Waals surface area contributed by atoms with Crippen molar-refractivity contribution in [2.24, 2.45) is 5.92 Å². The molecule has 0 aromatic heterocycles. The van der Waals surface area contributed by atoms with Crippen LogP contribution in [0.2, 0.25) is 5.02 Å². The number of nitrogens with one attached hydrogen (secondary N) is 1. The summed E-state index contributed by atoms with van der Waals surface area (Å²) in [5, 5.41) is 3.14. The van der Waals surface area contributed by atoms with E-state index in [1.807, 2.05) is 0 Å². The van der Waals surface area contributed by atoms with Crippen molar-refractivity contribution in [2.45, 2.75) is 63.7 Å². The van der Waals surface area contributed by atoms with E-state index in [4.69, 9.17) is 11.6 Å². The highest BCUT2D eigenvalue weighted by Gasteiger charge is 2.32. The van der Waals surface area contributed by atoms with Crippen molar-refractivity contribution in [3.8, 4) is 0 Å². The Hall–Kier alpha value is -1.22. The Kier molecular flexibility index (Phi) is 9.34. The van der Waals surface area contributed by atoms with Crippen molar-refractivity contribution < 1.29 is 17.6 Å². The molecule has 0 aliphatic carbocycles. The lowest BCUT2D eigenvalue weighted by atomic mass is 9.97. The number of amides is 1. The van der Waals surface area contributed by atoms with Crippen molar-refractivity contribution in [1.82, 2.24) is 14.5 Å². The van der Waals surface area contributed by atoms with E-state index >= 15 is 0 Å². The number of halogens is 2. The van der Waals surface area contributed by atoms with Crippen LogP contribution in [0.1, 0.15) is 57.4 Å². The van der Waals surface area contributed by atoms with Gasteiger partial charge in [-0.05, 0) is 57.2 Å². The van der Waals surface area contributed by atoms with Crippen molar-refractivity contribution >= 4 is 27.5 Å². The smallest absolute Gasteiger partial charge is 0.223 e. The number of carbonyl (C=O) groups excluding carboxylic acids is 1. The number of piperidine rings is 2. The molecule has 0 unspecified atom stereocenters. The zero-order valence-electron chi connectivity index (χ0n) is 18.9. The van der Waals surface area contributed by atoms with Gasteiger partial charge in [0.25, 0.3) is 0 Å². The van der Waals surface area contributed by atoms with Gasteiger partial charge in [0, 0.05) is 48.7 Å². The molecule has 3 rings (SSSR count). The topological polar surface area (TPSA) is 69.7 Å². The normalized spacial score (nSPS) is 21.5. The summed E-state index contributed by atoms with van der Waals surface area (Å²) < 4.78 is 40.8. The van der Waals surface area contributed by atoms with Crippen LogP contribution in [-0.4, -0.2) is 62.3 Å². The number of hydrogen-bond acceptors (Lipinski definition) is 4. The number of sulfonamides is 1. The number of likely N-dealkylation sites (tertiary alicyclic amines) is 1. The molecule has 2 aliphatic rings. The second-order valence-electron chi connectivity index (χ2n) is 8.87. The quantitative estimate of drug-likeness (QED) is 0.538. The Morgan fingerprint density at radius 1 is 1.19 bits per heavy atom. The van der Waals surface area contributed by atoms with Gasteiger partial charge in [0.2, 0.25) is 15.9 Å². The molecule has 2 fully saturated rings. The highest BCUT2D eigenvalue weighted by atomic mass is 35.5. The maximum Gasteiger partial charge on any atom is 0.223 e. The molecule has 6 nitrogen and oxygen atoms in total. The predicted molar refractivity (Wildman–Crippen MR) is 125 cm³/mol. The zero-order chi connectivity index (χ0) is 23.1. The van der Waals surface area contributed by atoms with Gasteiger partial charge in [-0.3, -0.25) is 4.79 Å². The molecule has 0 bridgehead atoms. The SMILES string of the molecule is CC[C@@H]1CCCCN1CCCNC(=O)C1CCN(S(=O)(=O)Cc2c(F)cccc2Cl)CC1. The van der Waals surface area contributed by atoms with Gasteiger partial charge < -0.3 is 10.2 Å². The van der Waals surface area contributed by atoms with E-state index in [0.717, 1.165) is 19.5 Å². The summed E-state index contributed by atoms with van der Waals surface area (Å²) >= 11 is 5.99. The van der Waals surface area contributed by atoms with Gasteiger partial charge >= 0.3 is 0 Å². The van der Waals surface area contributed by atoms with Gasteiger partial charge in [0.05, 0.1) is 5.75 Å². The zero-order valence-corrected chi connectivity index (χ0v) is 20.4. The molecule has 1 aromatic carbocycles.